The normalized spacial score (nSPS) is 10.5. The molecule has 0 radical (unpaired) electrons. The minimum atomic E-state index is -0.945. The van der Waals surface area contributed by atoms with E-state index in [9.17, 15) is 13.2 Å². The molecule has 1 nitrogen and oxygen atoms in total. The first-order chi connectivity index (χ1) is 9.10. The van der Waals surface area contributed by atoms with Gasteiger partial charge < -0.3 is 4.74 Å². The van der Waals surface area contributed by atoms with Crippen LogP contribution in [0.2, 0.25) is 0 Å². The third-order valence-electron chi connectivity index (χ3n) is 2.51. The molecule has 0 aliphatic carbocycles. The van der Waals surface area contributed by atoms with Crippen molar-refractivity contribution in [2.45, 2.75) is 11.9 Å². The molecular formula is C14H10BrF3O. The molecule has 0 heterocycles. The summed E-state index contributed by atoms with van der Waals surface area (Å²) in [6.07, 6.45) is 0. The molecule has 0 N–H and O–H groups in total. The molecule has 2 rings (SSSR count). The fraction of sp³-hybridized carbons (Fsp3) is 0.143. The van der Waals surface area contributed by atoms with Crippen molar-refractivity contribution in [3.8, 4) is 5.75 Å². The monoisotopic (exact) mass is 330 g/mol. The van der Waals surface area contributed by atoms with Crippen molar-refractivity contribution in [3.63, 3.8) is 0 Å². The lowest BCUT2D eigenvalue weighted by molar-refractivity contribution is 0.295. The maximum Gasteiger partial charge on any atom is 0.165 e. The van der Waals surface area contributed by atoms with Crippen molar-refractivity contribution in [1.29, 1.82) is 0 Å². The molecule has 0 fully saturated rings. The summed E-state index contributed by atoms with van der Waals surface area (Å²) in [5, 5.41) is 0.482. The van der Waals surface area contributed by atoms with E-state index in [0.29, 0.717) is 10.9 Å². The molecule has 0 saturated carbocycles. The summed E-state index contributed by atoms with van der Waals surface area (Å²) in [5.74, 6) is -2.04. The summed E-state index contributed by atoms with van der Waals surface area (Å²) in [6, 6.07) is 8.04. The second-order valence-corrected chi connectivity index (χ2v) is 4.49. The lowest BCUT2D eigenvalue weighted by Gasteiger charge is -2.09. The average Bonchev–Trinajstić information content (AvgIpc) is 2.40. The Morgan fingerprint density at radius 1 is 1.05 bits per heavy atom. The first-order valence-electron chi connectivity index (χ1n) is 5.51. The van der Waals surface area contributed by atoms with Gasteiger partial charge in [0.15, 0.2) is 11.6 Å². The Labute approximate surface area is 117 Å². The van der Waals surface area contributed by atoms with Gasteiger partial charge in [-0.1, -0.05) is 28.1 Å². The third-order valence-corrected chi connectivity index (χ3v) is 3.16. The van der Waals surface area contributed by atoms with Crippen LogP contribution in [0.1, 0.15) is 11.1 Å². The Bertz CT molecular complexity index is 587. The molecule has 0 unspecified atom stereocenters. The van der Waals surface area contributed by atoms with Crippen molar-refractivity contribution in [2.24, 2.45) is 0 Å². The number of ether oxygens (including phenoxy) is 1. The highest BCUT2D eigenvalue weighted by molar-refractivity contribution is 9.08. The summed E-state index contributed by atoms with van der Waals surface area (Å²) in [5.41, 5.74) is 0.791. The van der Waals surface area contributed by atoms with Crippen molar-refractivity contribution in [2.75, 3.05) is 0 Å². The summed E-state index contributed by atoms with van der Waals surface area (Å²) in [7, 11) is 0. The maximum absolute atomic E-state index is 13.4. The predicted molar refractivity (Wildman–Crippen MR) is 69.7 cm³/mol. The van der Waals surface area contributed by atoms with Crippen LogP contribution in [0.15, 0.2) is 36.4 Å². The van der Waals surface area contributed by atoms with E-state index >= 15 is 0 Å². The Balaban J connectivity index is 2.14. The first kappa shape index (κ1) is 13.9. The molecule has 0 aromatic heterocycles. The van der Waals surface area contributed by atoms with Gasteiger partial charge in [-0.05, 0) is 23.8 Å². The SMILES string of the molecule is Fc1cc(CBr)cc(OCc2cccc(F)c2F)c1. The van der Waals surface area contributed by atoms with E-state index in [0.717, 1.165) is 6.07 Å². The minimum absolute atomic E-state index is 0.0876. The molecule has 100 valence electrons. The largest absolute Gasteiger partial charge is 0.489 e. The van der Waals surface area contributed by atoms with Crippen LogP contribution in [0.25, 0.3) is 0 Å². The fourth-order valence-corrected chi connectivity index (χ4v) is 1.93. The zero-order chi connectivity index (χ0) is 13.8. The molecule has 0 aliphatic heterocycles. The highest BCUT2D eigenvalue weighted by atomic mass is 79.9. The predicted octanol–water partition coefficient (Wildman–Crippen LogP) is 4.58. The number of alkyl halides is 1. The highest BCUT2D eigenvalue weighted by Crippen LogP contribution is 2.20. The van der Waals surface area contributed by atoms with Crippen LogP contribution in [0.4, 0.5) is 13.2 Å². The van der Waals surface area contributed by atoms with Gasteiger partial charge >= 0.3 is 0 Å². The standard InChI is InChI=1S/C14H10BrF3O/c15-7-9-4-11(16)6-12(5-9)19-8-10-2-1-3-13(17)14(10)18/h1-6H,7-8H2. The average molecular weight is 331 g/mol. The van der Waals surface area contributed by atoms with E-state index in [1.165, 1.54) is 24.3 Å². The Morgan fingerprint density at radius 3 is 2.58 bits per heavy atom. The zero-order valence-corrected chi connectivity index (χ0v) is 11.4. The fourth-order valence-electron chi connectivity index (χ4n) is 1.60. The van der Waals surface area contributed by atoms with Gasteiger partial charge in [-0.2, -0.15) is 0 Å². The van der Waals surface area contributed by atoms with Gasteiger partial charge in [0.1, 0.15) is 18.2 Å². The number of hydrogen-bond acceptors (Lipinski definition) is 1. The van der Waals surface area contributed by atoms with E-state index in [-0.39, 0.29) is 17.9 Å². The Morgan fingerprint density at radius 2 is 1.84 bits per heavy atom. The highest BCUT2D eigenvalue weighted by Gasteiger charge is 2.08. The van der Waals surface area contributed by atoms with Gasteiger partial charge in [-0.3, -0.25) is 0 Å². The van der Waals surface area contributed by atoms with E-state index in [4.69, 9.17) is 4.74 Å². The first-order valence-corrected chi connectivity index (χ1v) is 6.63. The van der Waals surface area contributed by atoms with Gasteiger partial charge in [-0.15, -0.1) is 0 Å². The molecular weight excluding hydrogens is 321 g/mol. The van der Waals surface area contributed by atoms with Crippen molar-refractivity contribution < 1.29 is 17.9 Å². The van der Waals surface area contributed by atoms with Crippen LogP contribution in [0.5, 0.6) is 5.75 Å². The second kappa shape index (κ2) is 6.10. The van der Waals surface area contributed by atoms with Gasteiger partial charge in [0.25, 0.3) is 0 Å². The van der Waals surface area contributed by atoms with Crippen molar-refractivity contribution in [3.05, 3.63) is 65.0 Å². The molecule has 0 saturated heterocycles. The number of rotatable bonds is 4. The Hall–Kier alpha value is -1.49. The number of benzene rings is 2. The third kappa shape index (κ3) is 3.50. The molecule has 19 heavy (non-hydrogen) atoms. The Kier molecular flexibility index (Phi) is 4.47. The number of hydrogen-bond donors (Lipinski definition) is 0. The molecule has 0 amide bonds. The van der Waals surface area contributed by atoms with Crippen LogP contribution in [0, 0.1) is 17.5 Å². The van der Waals surface area contributed by atoms with Crippen LogP contribution >= 0.6 is 15.9 Å². The van der Waals surface area contributed by atoms with E-state index in [1.807, 2.05) is 0 Å². The van der Waals surface area contributed by atoms with Crippen LogP contribution in [-0.2, 0) is 11.9 Å². The molecule has 5 heteroatoms. The van der Waals surface area contributed by atoms with E-state index in [1.54, 1.807) is 6.07 Å². The zero-order valence-electron chi connectivity index (χ0n) is 9.80. The lowest BCUT2D eigenvalue weighted by Crippen LogP contribution is -2.01. The smallest absolute Gasteiger partial charge is 0.165 e. The minimum Gasteiger partial charge on any atom is -0.489 e. The van der Waals surface area contributed by atoms with Gasteiger partial charge in [-0.25, -0.2) is 13.2 Å². The summed E-state index contributed by atoms with van der Waals surface area (Å²) < 4.78 is 44.9. The van der Waals surface area contributed by atoms with Crippen LogP contribution in [0.3, 0.4) is 0 Å². The molecule has 0 atom stereocenters. The molecule has 0 aliphatic rings. The lowest BCUT2D eigenvalue weighted by atomic mass is 10.2. The molecule has 0 bridgehead atoms. The van der Waals surface area contributed by atoms with Crippen molar-refractivity contribution in [1.82, 2.24) is 0 Å². The summed E-state index contributed by atoms with van der Waals surface area (Å²) >= 11 is 3.21. The van der Waals surface area contributed by atoms with Gasteiger partial charge in [0.2, 0.25) is 0 Å². The van der Waals surface area contributed by atoms with Gasteiger partial charge in [0.05, 0.1) is 0 Å². The molecule has 0 spiro atoms. The topological polar surface area (TPSA) is 9.23 Å². The van der Waals surface area contributed by atoms with E-state index in [2.05, 4.69) is 15.9 Å². The maximum atomic E-state index is 13.4. The van der Waals surface area contributed by atoms with E-state index < -0.39 is 17.5 Å². The molecule has 2 aromatic carbocycles. The summed E-state index contributed by atoms with van der Waals surface area (Å²) in [4.78, 5) is 0. The quantitative estimate of drug-likeness (QED) is 0.746. The van der Waals surface area contributed by atoms with Crippen LogP contribution in [-0.4, -0.2) is 0 Å². The second-order valence-electron chi connectivity index (χ2n) is 3.93. The van der Waals surface area contributed by atoms with Gasteiger partial charge in [0, 0.05) is 17.0 Å². The number of halogens is 4. The molecule has 2 aromatic rings. The van der Waals surface area contributed by atoms with Crippen LogP contribution < -0.4 is 4.74 Å². The van der Waals surface area contributed by atoms with Crippen molar-refractivity contribution >= 4 is 15.9 Å². The summed E-state index contributed by atoms with van der Waals surface area (Å²) in [6.45, 7) is -0.158.